The molecule has 13 nitrogen and oxygen atoms in total. The van der Waals surface area contributed by atoms with Crippen LogP contribution in [-0.4, -0.2) is 97.3 Å². The molecule has 0 radical (unpaired) electrons. The highest BCUT2D eigenvalue weighted by atomic mass is 32.2. The fourth-order valence-electron chi connectivity index (χ4n) is 4.39. The van der Waals surface area contributed by atoms with Crippen molar-refractivity contribution in [1.82, 2.24) is 25.4 Å². The van der Waals surface area contributed by atoms with Crippen molar-refractivity contribution < 1.29 is 29.5 Å². The highest BCUT2D eigenvalue weighted by molar-refractivity contribution is 8.00. The lowest BCUT2D eigenvalue weighted by atomic mass is 10.0. The van der Waals surface area contributed by atoms with Crippen molar-refractivity contribution >= 4 is 57.6 Å². The van der Waals surface area contributed by atoms with Crippen molar-refractivity contribution in [3.63, 3.8) is 0 Å². The van der Waals surface area contributed by atoms with E-state index < -0.39 is 34.9 Å². The van der Waals surface area contributed by atoms with E-state index in [0.29, 0.717) is 24.1 Å². The molecule has 0 aromatic carbocycles. The number of carboxylic acids is 1. The summed E-state index contributed by atoms with van der Waals surface area (Å²) in [5.74, 6) is -2.61. The first kappa shape index (κ1) is 23.3. The number of amides is 3. The quantitative estimate of drug-likeness (QED) is 0.1000. The number of anilines is 1. The molecule has 15 heteroatoms. The van der Waals surface area contributed by atoms with Crippen LogP contribution in [0, 0.1) is 0 Å². The van der Waals surface area contributed by atoms with Crippen LogP contribution < -0.4 is 16.4 Å². The summed E-state index contributed by atoms with van der Waals surface area (Å²) in [6.07, 6.45) is 2.10. The number of hydrogen-bond donors (Lipinski definition) is 5. The first-order valence-corrected chi connectivity index (χ1v) is 12.6. The molecule has 3 amide bonds. The zero-order chi connectivity index (χ0) is 24.9. The molecule has 184 valence electrons. The van der Waals surface area contributed by atoms with Gasteiger partial charge in [-0.1, -0.05) is 5.16 Å². The third kappa shape index (κ3) is 3.94. The lowest BCUT2D eigenvalue weighted by Crippen LogP contribution is -2.71. The summed E-state index contributed by atoms with van der Waals surface area (Å²) < 4.78 is 0. The van der Waals surface area contributed by atoms with Crippen molar-refractivity contribution in [2.24, 2.45) is 5.16 Å². The largest absolute Gasteiger partial charge is 0.477 e. The van der Waals surface area contributed by atoms with E-state index in [1.165, 1.54) is 17.1 Å². The van der Waals surface area contributed by atoms with Gasteiger partial charge >= 0.3 is 5.97 Å². The van der Waals surface area contributed by atoms with Crippen LogP contribution in [0.4, 0.5) is 5.13 Å². The number of thioether (sulfide) groups is 1. The van der Waals surface area contributed by atoms with Gasteiger partial charge in [0, 0.05) is 36.3 Å². The van der Waals surface area contributed by atoms with Crippen molar-refractivity contribution in [1.29, 1.82) is 0 Å². The Kier molecular flexibility index (Phi) is 5.98. The van der Waals surface area contributed by atoms with Crippen molar-refractivity contribution in [3.8, 4) is 0 Å². The molecule has 0 bridgehead atoms. The van der Waals surface area contributed by atoms with E-state index >= 15 is 0 Å². The van der Waals surface area contributed by atoms with Crippen LogP contribution >= 0.6 is 23.1 Å². The molecule has 5 rings (SSSR count). The second-order valence-electron chi connectivity index (χ2n) is 8.29. The molecule has 3 fully saturated rings. The molecule has 6 N–H and O–H groups in total. The maximum Gasteiger partial charge on any atom is 0.352 e. The number of thiazole rings is 1. The molecule has 35 heavy (non-hydrogen) atoms. The molecule has 0 saturated carbocycles. The number of aliphatic carboxylic acids is 1. The van der Waals surface area contributed by atoms with Crippen molar-refractivity contribution in [2.75, 3.05) is 31.1 Å². The average Bonchev–Trinajstić information content (AvgIpc) is 3.37. The molecule has 4 aliphatic heterocycles. The molecule has 0 spiro atoms. The third-order valence-corrected chi connectivity index (χ3v) is 8.25. The monoisotopic (exact) mass is 519 g/mol. The molecule has 0 aliphatic carbocycles. The fourth-order valence-corrected chi connectivity index (χ4v) is 6.25. The average molecular weight is 520 g/mol. The lowest BCUT2D eigenvalue weighted by molar-refractivity contribution is -0.150. The number of fused-ring (bicyclic) bond motifs is 1. The van der Waals surface area contributed by atoms with Crippen LogP contribution in [0.5, 0.6) is 0 Å². The third-order valence-electron chi connectivity index (χ3n) is 6.27. The number of carbonyl (C=O) groups is 4. The highest BCUT2D eigenvalue weighted by Crippen LogP contribution is 2.41. The number of nitrogens with two attached hydrogens (primary N) is 1. The molecule has 4 aliphatic rings. The number of likely N-dealkylation sites (tertiary alicyclic amines) is 1. The summed E-state index contributed by atoms with van der Waals surface area (Å²) in [4.78, 5) is 57.2. The molecule has 1 aromatic rings. The van der Waals surface area contributed by atoms with Crippen molar-refractivity contribution in [3.05, 3.63) is 34.0 Å². The minimum atomic E-state index is -1.29. The smallest absolute Gasteiger partial charge is 0.352 e. The van der Waals surface area contributed by atoms with Crippen LogP contribution in [0.15, 0.2) is 33.5 Å². The lowest BCUT2D eigenvalue weighted by Gasteiger charge is -2.49. The highest BCUT2D eigenvalue weighted by Gasteiger charge is 2.54. The summed E-state index contributed by atoms with van der Waals surface area (Å²) in [7, 11) is 0. The maximum atomic E-state index is 12.9. The van der Waals surface area contributed by atoms with Gasteiger partial charge in [-0.15, -0.1) is 23.1 Å². The number of allylic oxidation sites excluding steroid dienone is 1. The zero-order valence-corrected chi connectivity index (χ0v) is 19.8. The number of rotatable bonds is 6. The molecule has 3 saturated heterocycles. The normalized spacial score (nSPS) is 26.1. The maximum absolute atomic E-state index is 12.9. The van der Waals surface area contributed by atoms with Gasteiger partial charge in [0.2, 0.25) is 5.91 Å². The predicted molar refractivity (Wildman–Crippen MR) is 126 cm³/mol. The minimum absolute atomic E-state index is 0.0559. The Morgan fingerprint density at radius 1 is 1.34 bits per heavy atom. The predicted octanol–water partition coefficient (Wildman–Crippen LogP) is -1.23. The van der Waals surface area contributed by atoms with E-state index in [1.807, 2.05) is 0 Å². The zero-order valence-electron chi connectivity index (χ0n) is 18.1. The first-order chi connectivity index (χ1) is 16.8. The van der Waals surface area contributed by atoms with Gasteiger partial charge in [0.25, 0.3) is 11.8 Å². The number of nitrogens with one attached hydrogen (secondary N) is 2. The van der Waals surface area contributed by atoms with Crippen LogP contribution in [0.2, 0.25) is 0 Å². The molecule has 0 unspecified atom stereocenters. The number of nitrogens with zero attached hydrogens (tertiary/aromatic N) is 4. The molecule has 2 atom stereocenters. The van der Waals surface area contributed by atoms with Gasteiger partial charge in [-0.25, -0.2) is 9.78 Å². The molecule has 5 heterocycles. The Bertz CT molecular complexity index is 1220. The van der Waals surface area contributed by atoms with E-state index in [2.05, 4.69) is 20.8 Å². The molecular weight excluding hydrogens is 498 g/mol. The summed E-state index contributed by atoms with van der Waals surface area (Å²) in [6, 6.07) is -0.862. The second kappa shape index (κ2) is 8.98. The minimum Gasteiger partial charge on any atom is -0.477 e. The number of carboxylic acid groups (broad SMARTS) is 1. The van der Waals surface area contributed by atoms with Crippen LogP contribution in [-0.2, 0) is 19.2 Å². The summed E-state index contributed by atoms with van der Waals surface area (Å²) in [5.41, 5.74) is 5.91. The number of aromatic nitrogens is 1. The summed E-state index contributed by atoms with van der Waals surface area (Å²) in [6.45, 7) is 2.07. The van der Waals surface area contributed by atoms with Gasteiger partial charge in [-0.05, 0) is 18.1 Å². The topological polar surface area (TPSA) is 191 Å². The number of oxime groups is 1. The number of carbonyl (C=O) groups excluding carboxylic acids is 3. The van der Waals surface area contributed by atoms with Crippen LogP contribution in [0.3, 0.4) is 0 Å². The Hall–Kier alpha value is -3.43. The summed E-state index contributed by atoms with van der Waals surface area (Å²) >= 11 is 2.33. The Balaban J connectivity index is 1.33. The van der Waals surface area contributed by atoms with Crippen LogP contribution in [0.25, 0.3) is 0 Å². The Labute approximate surface area is 206 Å². The van der Waals surface area contributed by atoms with E-state index in [-0.39, 0.29) is 34.2 Å². The number of nitrogen functional groups attached to an aromatic ring is 1. The van der Waals surface area contributed by atoms with E-state index in [9.17, 15) is 29.5 Å². The number of hydrogen-bond acceptors (Lipinski definition) is 11. The van der Waals surface area contributed by atoms with E-state index in [0.717, 1.165) is 29.3 Å². The second-order valence-corrected chi connectivity index (χ2v) is 10.3. The SMILES string of the molecule is Nc1nc(C(=NO)C(=O)N[C@@H]2C(=O)N3C(C(=O)O)=C(C=C4CCN(C5CNC5)C4=O)CS[C@H]23)cs1. The standard InChI is InChI=1S/C20H21N7O6S2/c21-20-23-11(7-35-20)12(25-33)15(28)24-13-17(30)27-14(19(31)32)9(6-34-18(13)27)3-8-1-2-26(16(8)29)10-4-22-5-10/h3,7,10,13,18,22,33H,1-2,4-6H2,(H2,21,23)(H,24,28)(H,31,32)/t13-,18-/m1/s1. The van der Waals surface area contributed by atoms with Gasteiger partial charge in [0.15, 0.2) is 10.8 Å². The van der Waals surface area contributed by atoms with Gasteiger partial charge in [-0.3, -0.25) is 19.3 Å². The Morgan fingerprint density at radius 2 is 2.11 bits per heavy atom. The van der Waals surface area contributed by atoms with Crippen molar-refractivity contribution in [2.45, 2.75) is 23.9 Å². The number of β-lactam (4-membered cyclic amide) rings is 1. The first-order valence-electron chi connectivity index (χ1n) is 10.7. The fraction of sp³-hybridized carbons (Fsp3) is 0.400. The molecule has 1 aromatic heterocycles. The van der Waals surface area contributed by atoms with Crippen LogP contribution in [0.1, 0.15) is 12.1 Å². The Morgan fingerprint density at radius 3 is 2.71 bits per heavy atom. The molecular formula is C20H21N7O6S2. The van der Waals surface area contributed by atoms with Gasteiger partial charge in [0.1, 0.15) is 22.8 Å². The summed E-state index contributed by atoms with van der Waals surface area (Å²) in [5, 5.41) is 28.7. The van der Waals surface area contributed by atoms with E-state index in [4.69, 9.17) is 5.73 Å². The van der Waals surface area contributed by atoms with Gasteiger partial charge in [-0.2, -0.15) is 0 Å². The van der Waals surface area contributed by atoms with E-state index in [1.54, 1.807) is 11.0 Å². The van der Waals surface area contributed by atoms with Gasteiger partial charge < -0.3 is 31.6 Å². The van der Waals surface area contributed by atoms with Gasteiger partial charge in [0.05, 0.1) is 6.04 Å².